The first-order valence-electron chi connectivity index (χ1n) is 5.07. The maximum atomic E-state index is 11.1. The first kappa shape index (κ1) is 14.7. The second-order valence-electron chi connectivity index (χ2n) is 3.72. The van der Waals surface area contributed by atoms with Crippen LogP contribution in [-0.4, -0.2) is 25.2 Å². The van der Waals surface area contributed by atoms with Crippen LogP contribution in [0.3, 0.4) is 0 Å². The molecule has 0 aliphatic carbocycles. The summed E-state index contributed by atoms with van der Waals surface area (Å²) in [7, 11) is 0. The highest BCUT2D eigenvalue weighted by molar-refractivity contribution is 5.81. The molecule has 0 aliphatic rings. The van der Waals surface area contributed by atoms with Gasteiger partial charge in [0.05, 0.1) is 0 Å². The van der Waals surface area contributed by atoms with Crippen molar-refractivity contribution in [3.05, 3.63) is 26.5 Å². The third-order valence-electron chi connectivity index (χ3n) is 1.68. The lowest BCUT2D eigenvalue weighted by molar-refractivity contribution is -0.148. The summed E-state index contributed by atoms with van der Waals surface area (Å²) in [5.74, 6) is -0.842. The summed E-state index contributed by atoms with van der Waals surface area (Å²) < 4.78 is 9.71. The van der Waals surface area contributed by atoms with Crippen molar-refractivity contribution in [2.24, 2.45) is 5.41 Å². The molecule has 4 heteroatoms. The van der Waals surface area contributed by atoms with E-state index in [9.17, 15) is 9.59 Å². The normalized spacial score (nSPS) is 10.7. The summed E-state index contributed by atoms with van der Waals surface area (Å²) in [5.41, 5.74) is -0.873. The highest BCUT2D eigenvalue weighted by atomic mass is 16.5. The minimum atomic E-state index is -0.873. The van der Waals surface area contributed by atoms with E-state index in [1.165, 1.54) is 0 Å². The number of ether oxygens (including phenoxy) is 2. The SMILES string of the molecule is [CH2]C([CH2])(COC(=O)C=C)COC(=O)CCC. The van der Waals surface area contributed by atoms with Crippen LogP contribution in [-0.2, 0) is 19.1 Å². The average molecular weight is 226 g/mol. The zero-order valence-corrected chi connectivity index (χ0v) is 9.66. The van der Waals surface area contributed by atoms with Crippen molar-refractivity contribution in [2.45, 2.75) is 19.8 Å². The minimum Gasteiger partial charge on any atom is -0.465 e. The van der Waals surface area contributed by atoms with Crippen LogP contribution in [0.15, 0.2) is 12.7 Å². The number of hydrogen-bond donors (Lipinski definition) is 0. The monoisotopic (exact) mass is 226 g/mol. The first-order chi connectivity index (χ1) is 7.41. The molecule has 0 saturated carbocycles. The van der Waals surface area contributed by atoms with Gasteiger partial charge in [-0.25, -0.2) is 4.79 Å². The minimum absolute atomic E-state index is 0.0166. The summed E-state index contributed by atoms with van der Waals surface area (Å²) in [4.78, 5) is 21.9. The average Bonchev–Trinajstić information content (AvgIpc) is 2.24. The van der Waals surface area contributed by atoms with Crippen molar-refractivity contribution in [1.82, 2.24) is 0 Å². The molecule has 0 aromatic heterocycles. The number of rotatable bonds is 7. The molecular formula is C12H18O4. The van der Waals surface area contributed by atoms with Crippen LogP contribution in [0.25, 0.3) is 0 Å². The van der Waals surface area contributed by atoms with E-state index < -0.39 is 11.4 Å². The van der Waals surface area contributed by atoms with E-state index >= 15 is 0 Å². The first-order valence-corrected chi connectivity index (χ1v) is 5.07. The fourth-order valence-corrected chi connectivity index (χ4v) is 0.835. The van der Waals surface area contributed by atoms with Gasteiger partial charge in [0, 0.05) is 17.9 Å². The molecule has 0 aromatic rings. The Morgan fingerprint density at radius 1 is 1.25 bits per heavy atom. The largest absolute Gasteiger partial charge is 0.465 e. The Bertz CT molecular complexity index is 256. The van der Waals surface area contributed by atoms with Crippen LogP contribution in [0, 0.1) is 19.3 Å². The molecule has 90 valence electrons. The third-order valence-corrected chi connectivity index (χ3v) is 1.68. The number of hydrogen-bond acceptors (Lipinski definition) is 4. The second-order valence-corrected chi connectivity index (χ2v) is 3.72. The topological polar surface area (TPSA) is 52.6 Å². The van der Waals surface area contributed by atoms with E-state index in [1.807, 2.05) is 6.92 Å². The van der Waals surface area contributed by atoms with Crippen LogP contribution in [0.5, 0.6) is 0 Å². The number of carbonyl (C=O) groups excluding carboxylic acids is 2. The molecule has 16 heavy (non-hydrogen) atoms. The van der Waals surface area contributed by atoms with E-state index in [-0.39, 0.29) is 19.2 Å². The van der Waals surface area contributed by atoms with Crippen LogP contribution in [0.4, 0.5) is 0 Å². The quantitative estimate of drug-likeness (QED) is 0.490. The molecule has 0 fully saturated rings. The van der Waals surface area contributed by atoms with Gasteiger partial charge < -0.3 is 9.47 Å². The Morgan fingerprint density at radius 2 is 1.81 bits per heavy atom. The van der Waals surface area contributed by atoms with Gasteiger partial charge in [-0.15, -0.1) is 0 Å². The zero-order chi connectivity index (χ0) is 12.6. The maximum absolute atomic E-state index is 11.1. The van der Waals surface area contributed by atoms with Gasteiger partial charge in [0.25, 0.3) is 0 Å². The molecule has 0 aliphatic heterocycles. The maximum Gasteiger partial charge on any atom is 0.330 e. The van der Waals surface area contributed by atoms with Crippen LogP contribution < -0.4 is 0 Å². The molecule has 0 aromatic carbocycles. The number of carbonyl (C=O) groups is 2. The predicted octanol–water partition coefficient (Wildman–Crippen LogP) is 1.71. The van der Waals surface area contributed by atoms with E-state index in [0.717, 1.165) is 12.5 Å². The fourth-order valence-electron chi connectivity index (χ4n) is 0.835. The Balaban J connectivity index is 3.90. The highest BCUT2D eigenvalue weighted by Crippen LogP contribution is 2.15. The van der Waals surface area contributed by atoms with E-state index in [2.05, 4.69) is 20.4 Å². The van der Waals surface area contributed by atoms with Gasteiger partial charge in [0.1, 0.15) is 13.2 Å². The summed E-state index contributed by atoms with van der Waals surface area (Å²) in [6.45, 7) is 12.6. The van der Waals surface area contributed by atoms with Crippen molar-refractivity contribution >= 4 is 11.9 Å². The molecule has 4 nitrogen and oxygen atoms in total. The Morgan fingerprint density at radius 3 is 2.31 bits per heavy atom. The molecule has 0 spiro atoms. The van der Waals surface area contributed by atoms with Crippen molar-refractivity contribution in [3.63, 3.8) is 0 Å². The molecular weight excluding hydrogens is 208 g/mol. The summed E-state index contributed by atoms with van der Waals surface area (Å²) in [6.07, 6.45) is 2.15. The van der Waals surface area contributed by atoms with Gasteiger partial charge in [-0.1, -0.05) is 13.5 Å². The van der Waals surface area contributed by atoms with Crippen LogP contribution in [0.2, 0.25) is 0 Å². The van der Waals surface area contributed by atoms with Gasteiger partial charge in [-0.2, -0.15) is 0 Å². The van der Waals surface area contributed by atoms with Gasteiger partial charge in [-0.05, 0) is 20.3 Å². The molecule has 0 heterocycles. The van der Waals surface area contributed by atoms with Crippen molar-refractivity contribution in [2.75, 3.05) is 13.2 Å². The van der Waals surface area contributed by atoms with E-state index in [0.29, 0.717) is 6.42 Å². The molecule has 0 amide bonds. The van der Waals surface area contributed by atoms with E-state index in [1.54, 1.807) is 0 Å². The summed E-state index contributed by atoms with van der Waals surface area (Å²) in [5, 5.41) is 0. The van der Waals surface area contributed by atoms with E-state index in [4.69, 9.17) is 9.47 Å². The molecule has 0 unspecified atom stereocenters. The summed E-state index contributed by atoms with van der Waals surface area (Å²) in [6, 6.07) is 0. The third kappa shape index (κ3) is 7.04. The van der Waals surface area contributed by atoms with Gasteiger partial charge in [-0.3, -0.25) is 4.79 Å². The molecule has 0 rings (SSSR count). The lowest BCUT2D eigenvalue weighted by Gasteiger charge is -2.22. The van der Waals surface area contributed by atoms with Gasteiger partial charge >= 0.3 is 11.9 Å². The smallest absolute Gasteiger partial charge is 0.330 e. The molecule has 0 atom stereocenters. The van der Waals surface area contributed by atoms with Crippen molar-refractivity contribution in [1.29, 1.82) is 0 Å². The Kier molecular flexibility index (Phi) is 6.46. The molecule has 0 saturated heterocycles. The second kappa shape index (κ2) is 7.04. The van der Waals surface area contributed by atoms with Crippen LogP contribution in [0.1, 0.15) is 19.8 Å². The molecule has 2 radical (unpaired) electrons. The van der Waals surface area contributed by atoms with Crippen LogP contribution >= 0.6 is 0 Å². The molecule has 0 bridgehead atoms. The summed E-state index contributed by atoms with van der Waals surface area (Å²) >= 11 is 0. The Hall–Kier alpha value is -1.32. The highest BCUT2D eigenvalue weighted by Gasteiger charge is 2.22. The fraction of sp³-hybridized carbons (Fsp3) is 0.500. The Labute approximate surface area is 96.6 Å². The predicted molar refractivity (Wildman–Crippen MR) is 60.2 cm³/mol. The lowest BCUT2D eigenvalue weighted by atomic mass is 9.96. The number of esters is 2. The standard InChI is InChI=1S/C12H18O4/c1-5-7-11(14)16-9-12(3,4)8-15-10(13)6-2/h6H,2-5,7-9H2,1H3. The zero-order valence-electron chi connectivity index (χ0n) is 9.66. The van der Waals surface area contributed by atoms with Crippen molar-refractivity contribution < 1.29 is 19.1 Å². The van der Waals surface area contributed by atoms with Gasteiger partial charge in [0.2, 0.25) is 0 Å². The van der Waals surface area contributed by atoms with Crippen molar-refractivity contribution in [3.8, 4) is 0 Å². The molecule has 0 N–H and O–H groups in total. The lowest BCUT2D eigenvalue weighted by Crippen LogP contribution is -2.28. The van der Waals surface area contributed by atoms with Gasteiger partial charge in [0.15, 0.2) is 0 Å².